The van der Waals surface area contributed by atoms with Gasteiger partial charge >= 0.3 is 0 Å². The number of nitrogens with one attached hydrogen (secondary N) is 1. The molecule has 0 atom stereocenters. The maximum atomic E-state index is 3.71. The van der Waals surface area contributed by atoms with Gasteiger partial charge in [0.2, 0.25) is 0 Å². The Balaban J connectivity index is 1.05. The number of para-hydroxylation sites is 2. The fourth-order valence-corrected chi connectivity index (χ4v) is 9.13. The Morgan fingerprint density at radius 1 is 0.333 bits per heavy atom. The van der Waals surface area contributed by atoms with Gasteiger partial charge in [0, 0.05) is 54.7 Å². The van der Waals surface area contributed by atoms with Crippen molar-refractivity contribution in [3.05, 3.63) is 181 Å². The van der Waals surface area contributed by atoms with Gasteiger partial charge in [-0.05, 0) is 142 Å². The Hall–Kier alpha value is -6.84. The van der Waals surface area contributed by atoms with Crippen LogP contribution in [0.3, 0.4) is 0 Å². The zero-order valence-electron chi connectivity index (χ0n) is 32.7. The van der Waals surface area contributed by atoms with Crippen molar-refractivity contribution in [3.8, 4) is 33.6 Å². The second-order valence-electron chi connectivity index (χ2n) is 16.3. The van der Waals surface area contributed by atoms with Crippen molar-refractivity contribution in [2.45, 2.75) is 39.5 Å². The van der Waals surface area contributed by atoms with E-state index in [0.29, 0.717) is 11.8 Å². The molecule has 11 aromatic rings. The summed E-state index contributed by atoms with van der Waals surface area (Å²) in [5.41, 5.74) is 17.2. The number of aromatic nitrogens is 3. The van der Waals surface area contributed by atoms with Crippen LogP contribution in [-0.2, 0) is 0 Å². The lowest BCUT2D eigenvalue weighted by Crippen LogP contribution is -1.93. The minimum atomic E-state index is 0.455. The van der Waals surface area contributed by atoms with Gasteiger partial charge in [-0.1, -0.05) is 100 Å². The van der Waals surface area contributed by atoms with Crippen LogP contribution < -0.4 is 0 Å². The molecule has 274 valence electrons. The lowest BCUT2D eigenvalue weighted by Gasteiger charge is -2.09. The summed E-state index contributed by atoms with van der Waals surface area (Å²) in [6.45, 7) is 9.10. The fourth-order valence-electron chi connectivity index (χ4n) is 9.13. The first-order chi connectivity index (χ1) is 27.9. The maximum Gasteiger partial charge on any atom is 0.0541 e. The van der Waals surface area contributed by atoms with E-state index < -0.39 is 0 Å². The molecule has 57 heavy (non-hydrogen) atoms. The number of fused-ring (bicyclic) bond motifs is 9. The van der Waals surface area contributed by atoms with Crippen LogP contribution in [0.2, 0.25) is 0 Å². The van der Waals surface area contributed by atoms with Gasteiger partial charge in [-0.2, -0.15) is 0 Å². The molecule has 3 heterocycles. The number of hydrogen-bond acceptors (Lipinski definition) is 0. The van der Waals surface area contributed by atoms with Gasteiger partial charge in [-0.3, -0.25) is 0 Å². The van der Waals surface area contributed by atoms with Crippen LogP contribution in [0, 0.1) is 0 Å². The predicted octanol–water partition coefficient (Wildman–Crippen LogP) is 15.1. The number of aromatic amines is 1. The van der Waals surface area contributed by atoms with Gasteiger partial charge in [0.05, 0.1) is 22.1 Å². The topological polar surface area (TPSA) is 25.6 Å². The predicted molar refractivity (Wildman–Crippen MR) is 244 cm³/mol. The number of benzene rings is 8. The number of nitrogens with zero attached hydrogens (tertiary/aromatic N) is 2. The van der Waals surface area contributed by atoms with Crippen molar-refractivity contribution >= 4 is 65.4 Å². The van der Waals surface area contributed by atoms with E-state index in [-0.39, 0.29) is 0 Å². The summed E-state index contributed by atoms with van der Waals surface area (Å²) in [6.07, 6.45) is 0. The average molecular weight is 734 g/mol. The second kappa shape index (κ2) is 12.9. The molecule has 0 bridgehead atoms. The monoisotopic (exact) mass is 733 g/mol. The fraction of sp³-hybridized carbons (Fsp3) is 0.111. The number of rotatable bonds is 6. The van der Waals surface area contributed by atoms with Crippen LogP contribution in [0.5, 0.6) is 0 Å². The third-order valence-corrected chi connectivity index (χ3v) is 12.2. The van der Waals surface area contributed by atoms with Crippen molar-refractivity contribution in [1.82, 2.24) is 14.1 Å². The summed E-state index contributed by atoms with van der Waals surface area (Å²) < 4.78 is 4.81. The molecule has 0 fully saturated rings. The SMILES string of the molecule is CC(C)c1ccc2c(c1)c1cc(-c3ccc4[nH]c5ccc(-c6ccc7c(c6)c6cc(C(C)C)ccc6n7-c6ccccc6)cc5c4c3)ccc1n2-c1ccccc1. The van der Waals surface area contributed by atoms with Gasteiger partial charge in [0.25, 0.3) is 0 Å². The maximum absolute atomic E-state index is 3.71. The highest BCUT2D eigenvalue weighted by Gasteiger charge is 2.18. The van der Waals surface area contributed by atoms with Crippen molar-refractivity contribution in [2.75, 3.05) is 0 Å². The Morgan fingerprint density at radius 3 is 1.05 bits per heavy atom. The largest absolute Gasteiger partial charge is 0.355 e. The third-order valence-electron chi connectivity index (χ3n) is 12.2. The Morgan fingerprint density at radius 2 is 0.667 bits per heavy atom. The molecule has 0 aliphatic heterocycles. The van der Waals surface area contributed by atoms with E-state index in [1.54, 1.807) is 0 Å². The molecule has 3 nitrogen and oxygen atoms in total. The molecule has 3 aromatic heterocycles. The van der Waals surface area contributed by atoms with E-state index in [1.807, 2.05) is 0 Å². The zero-order valence-corrected chi connectivity index (χ0v) is 32.7. The average Bonchev–Trinajstić information content (AvgIpc) is 3.90. The normalized spacial score (nSPS) is 12.2. The molecule has 0 spiro atoms. The molecule has 0 saturated heterocycles. The number of H-pyrrole nitrogens is 1. The van der Waals surface area contributed by atoms with Crippen LogP contribution in [0.15, 0.2) is 170 Å². The molecule has 11 rings (SSSR count). The lowest BCUT2D eigenvalue weighted by atomic mass is 9.97. The van der Waals surface area contributed by atoms with Crippen LogP contribution >= 0.6 is 0 Å². The summed E-state index contributed by atoms with van der Waals surface area (Å²) in [7, 11) is 0. The van der Waals surface area contributed by atoms with E-state index >= 15 is 0 Å². The molecule has 0 aliphatic rings. The zero-order chi connectivity index (χ0) is 38.4. The smallest absolute Gasteiger partial charge is 0.0541 e. The summed E-state index contributed by atoms with van der Waals surface area (Å²) in [6, 6.07) is 63.2. The van der Waals surface area contributed by atoms with Crippen molar-refractivity contribution in [3.63, 3.8) is 0 Å². The Labute approximate surface area is 332 Å². The molecule has 0 unspecified atom stereocenters. The molecular weight excluding hydrogens is 691 g/mol. The van der Waals surface area contributed by atoms with Crippen LogP contribution in [0.25, 0.3) is 99.0 Å². The van der Waals surface area contributed by atoms with Gasteiger partial charge in [-0.15, -0.1) is 0 Å². The Bertz CT molecular complexity index is 3110. The first kappa shape index (κ1) is 33.5. The van der Waals surface area contributed by atoms with Gasteiger partial charge < -0.3 is 14.1 Å². The molecule has 8 aromatic carbocycles. The van der Waals surface area contributed by atoms with Crippen LogP contribution in [0.4, 0.5) is 0 Å². The van der Waals surface area contributed by atoms with E-state index in [4.69, 9.17) is 0 Å². The lowest BCUT2D eigenvalue weighted by molar-refractivity contribution is 0.868. The summed E-state index contributed by atoms with van der Waals surface area (Å²) in [4.78, 5) is 3.71. The quantitative estimate of drug-likeness (QED) is 0.176. The van der Waals surface area contributed by atoms with E-state index in [9.17, 15) is 0 Å². The third kappa shape index (κ3) is 5.33. The van der Waals surface area contributed by atoms with E-state index in [2.05, 4.69) is 212 Å². The molecule has 0 amide bonds. The van der Waals surface area contributed by atoms with Gasteiger partial charge in [-0.25, -0.2) is 0 Å². The van der Waals surface area contributed by atoms with Crippen molar-refractivity contribution < 1.29 is 0 Å². The van der Waals surface area contributed by atoms with Gasteiger partial charge in [0.15, 0.2) is 0 Å². The van der Waals surface area contributed by atoms with Crippen LogP contribution in [-0.4, -0.2) is 14.1 Å². The minimum absolute atomic E-state index is 0.455. The molecule has 1 N–H and O–H groups in total. The highest BCUT2D eigenvalue weighted by atomic mass is 15.0. The first-order valence-electron chi connectivity index (χ1n) is 20.2. The van der Waals surface area contributed by atoms with E-state index in [0.717, 1.165) is 11.0 Å². The van der Waals surface area contributed by atoms with Crippen molar-refractivity contribution in [2.24, 2.45) is 0 Å². The highest BCUT2D eigenvalue weighted by molar-refractivity contribution is 6.14. The number of hydrogen-bond donors (Lipinski definition) is 1. The first-order valence-corrected chi connectivity index (χ1v) is 20.2. The standard InChI is InChI=1S/C54H43N3/c1-33(2)35-17-23-51-45(27-35)47-31-39(19-25-53(47)56(51)41-11-7-5-8-12-41)37-15-21-49-43(29-37)44-30-38(16-22-50(44)55-49)40-20-26-54-48(32-40)46-28-36(34(3)4)18-24-52(46)57(54)42-13-9-6-10-14-42/h5-34,55H,1-4H3. The molecule has 0 saturated carbocycles. The minimum Gasteiger partial charge on any atom is -0.355 e. The molecular formula is C54H43N3. The van der Waals surface area contributed by atoms with Crippen molar-refractivity contribution in [1.29, 1.82) is 0 Å². The van der Waals surface area contributed by atoms with E-state index in [1.165, 1.54) is 99.1 Å². The van der Waals surface area contributed by atoms with Gasteiger partial charge in [0.1, 0.15) is 0 Å². The highest BCUT2D eigenvalue weighted by Crippen LogP contribution is 2.40. The summed E-state index contributed by atoms with van der Waals surface area (Å²) in [5, 5.41) is 7.62. The second-order valence-corrected chi connectivity index (χ2v) is 16.3. The summed E-state index contributed by atoms with van der Waals surface area (Å²) in [5.74, 6) is 0.910. The molecule has 0 radical (unpaired) electrons. The molecule has 0 aliphatic carbocycles. The summed E-state index contributed by atoms with van der Waals surface area (Å²) >= 11 is 0. The Kier molecular flexibility index (Phi) is 7.56. The molecule has 3 heteroatoms. The van der Waals surface area contributed by atoms with Crippen LogP contribution in [0.1, 0.15) is 50.7 Å².